The summed E-state index contributed by atoms with van der Waals surface area (Å²) in [5, 5.41) is 23.1. The number of aliphatic hydroxyl groups excluding tert-OH is 2. The number of carbonyl (C=O) groups excluding carboxylic acids is 2. The molecule has 0 heterocycles. The van der Waals surface area contributed by atoms with Crippen molar-refractivity contribution in [2.45, 2.75) is 296 Å². The summed E-state index contributed by atoms with van der Waals surface area (Å²) in [7, 11) is 0. The fourth-order valence-electron chi connectivity index (χ4n) is 8.36. The zero-order valence-corrected chi connectivity index (χ0v) is 43.7. The molecule has 0 aliphatic carbocycles. The molecular weight excluding hydrogens is 815 g/mol. The van der Waals surface area contributed by atoms with Gasteiger partial charge < -0.3 is 20.3 Å². The molecule has 384 valence electrons. The number of nitrogens with one attached hydrogen (secondary N) is 1. The molecule has 6 heteroatoms. The van der Waals surface area contributed by atoms with Gasteiger partial charge in [0.05, 0.1) is 25.4 Å². The normalized spacial score (nSPS) is 13.1. The van der Waals surface area contributed by atoms with Crippen LogP contribution in [0.1, 0.15) is 284 Å². The highest BCUT2D eigenvalue weighted by molar-refractivity contribution is 5.76. The van der Waals surface area contributed by atoms with Crippen LogP contribution in [-0.4, -0.2) is 47.4 Å². The number of ether oxygens (including phenoxy) is 1. The van der Waals surface area contributed by atoms with E-state index in [0.717, 1.165) is 64.2 Å². The third kappa shape index (κ3) is 51.0. The minimum absolute atomic E-state index is 0.0330. The second kappa shape index (κ2) is 55.2. The van der Waals surface area contributed by atoms with Crippen LogP contribution in [0.5, 0.6) is 0 Å². The lowest BCUT2D eigenvalue weighted by molar-refractivity contribution is -0.143. The Labute approximate surface area is 409 Å². The molecule has 1 amide bonds. The molecule has 0 aromatic carbocycles. The van der Waals surface area contributed by atoms with Crippen LogP contribution in [0.2, 0.25) is 0 Å². The fourth-order valence-corrected chi connectivity index (χ4v) is 8.36. The standard InChI is InChI=1S/C60H109NO5/c1-3-5-7-9-11-13-15-17-19-20-21-22-23-24-26-28-32-36-40-44-48-52-58(63)57(56-62)61-59(64)53-49-45-41-37-33-29-27-31-35-39-43-47-51-55-66-60(65)54-50-46-42-38-34-30-25-18-16-14-12-10-8-6-4-2/h12,14,18,25,29,33,41,45,48,52,57-58,62-63H,3-11,13,15-17,19-24,26-28,30-32,34-40,42-44,46-47,49-51,53-56H2,1-2H3,(H,61,64)/b14-12-,25-18-,33-29-,45-41-,52-48+. The maximum atomic E-state index is 12.4. The Morgan fingerprint density at radius 2 is 0.773 bits per heavy atom. The Hall–Kier alpha value is -2.44. The van der Waals surface area contributed by atoms with E-state index in [1.165, 1.54) is 186 Å². The Morgan fingerprint density at radius 3 is 1.21 bits per heavy atom. The van der Waals surface area contributed by atoms with Crippen LogP contribution < -0.4 is 5.32 Å². The average Bonchev–Trinajstić information content (AvgIpc) is 3.32. The lowest BCUT2D eigenvalue weighted by Gasteiger charge is -2.19. The minimum atomic E-state index is -0.882. The van der Waals surface area contributed by atoms with E-state index in [4.69, 9.17) is 4.74 Å². The maximum absolute atomic E-state index is 12.4. The lowest BCUT2D eigenvalue weighted by Crippen LogP contribution is -2.45. The molecule has 3 N–H and O–H groups in total. The van der Waals surface area contributed by atoms with E-state index < -0.39 is 12.1 Å². The van der Waals surface area contributed by atoms with Gasteiger partial charge in [0.15, 0.2) is 0 Å². The first-order chi connectivity index (χ1) is 32.5. The SMILES string of the molecule is CCCCC/C=C\C/C=C\CCCCCCCC(=O)OCCCCCCCC/C=C\C/C=C\CCC(=O)NC(CO)C(O)/C=C/CCCCCCCCCCCCCCCCCCCCC. The zero-order valence-electron chi connectivity index (χ0n) is 43.7. The van der Waals surface area contributed by atoms with E-state index >= 15 is 0 Å². The Morgan fingerprint density at radius 1 is 0.424 bits per heavy atom. The van der Waals surface area contributed by atoms with Crippen LogP contribution in [0.4, 0.5) is 0 Å². The summed E-state index contributed by atoms with van der Waals surface area (Å²) in [6, 6.07) is -0.675. The van der Waals surface area contributed by atoms with Gasteiger partial charge in [-0.15, -0.1) is 0 Å². The van der Waals surface area contributed by atoms with Crippen molar-refractivity contribution in [2.75, 3.05) is 13.2 Å². The molecule has 0 aliphatic heterocycles. The number of allylic oxidation sites excluding steroid dienone is 9. The van der Waals surface area contributed by atoms with Gasteiger partial charge in [-0.2, -0.15) is 0 Å². The van der Waals surface area contributed by atoms with Crippen LogP contribution >= 0.6 is 0 Å². The van der Waals surface area contributed by atoms with Crippen molar-refractivity contribution in [3.63, 3.8) is 0 Å². The topological polar surface area (TPSA) is 95.9 Å². The summed E-state index contributed by atoms with van der Waals surface area (Å²) in [4.78, 5) is 24.5. The van der Waals surface area contributed by atoms with Crippen molar-refractivity contribution in [3.8, 4) is 0 Å². The van der Waals surface area contributed by atoms with E-state index in [1.54, 1.807) is 6.08 Å². The van der Waals surface area contributed by atoms with Crippen LogP contribution in [0, 0.1) is 0 Å². The summed E-state index contributed by atoms with van der Waals surface area (Å²) in [5.74, 6) is -0.182. The van der Waals surface area contributed by atoms with Crippen molar-refractivity contribution in [2.24, 2.45) is 0 Å². The molecular formula is C60H109NO5. The van der Waals surface area contributed by atoms with Gasteiger partial charge in [-0.1, -0.05) is 248 Å². The first-order valence-electron chi connectivity index (χ1n) is 28.6. The molecule has 6 nitrogen and oxygen atoms in total. The first-order valence-corrected chi connectivity index (χ1v) is 28.6. The molecule has 0 saturated carbocycles. The van der Waals surface area contributed by atoms with E-state index in [2.05, 4.69) is 61.7 Å². The Bertz CT molecular complexity index is 1160. The molecule has 0 fully saturated rings. The first kappa shape index (κ1) is 63.6. The molecule has 0 spiro atoms. The van der Waals surface area contributed by atoms with E-state index in [1.807, 2.05) is 12.2 Å². The van der Waals surface area contributed by atoms with Crippen molar-refractivity contribution >= 4 is 11.9 Å². The Kier molecular flexibility index (Phi) is 53.1. The van der Waals surface area contributed by atoms with Gasteiger partial charge in [0.1, 0.15) is 0 Å². The molecule has 2 atom stereocenters. The molecule has 0 aliphatic rings. The summed E-state index contributed by atoms with van der Waals surface area (Å²) in [6.07, 6.45) is 71.1. The van der Waals surface area contributed by atoms with Crippen molar-refractivity contribution in [3.05, 3.63) is 60.8 Å². The van der Waals surface area contributed by atoms with Gasteiger partial charge in [-0.25, -0.2) is 0 Å². The van der Waals surface area contributed by atoms with E-state index in [0.29, 0.717) is 25.9 Å². The zero-order chi connectivity index (χ0) is 47.9. The number of unbranched alkanes of at least 4 members (excludes halogenated alkanes) is 33. The second-order valence-corrected chi connectivity index (χ2v) is 19.3. The highest BCUT2D eigenvalue weighted by atomic mass is 16.5. The van der Waals surface area contributed by atoms with Crippen LogP contribution in [-0.2, 0) is 14.3 Å². The van der Waals surface area contributed by atoms with Gasteiger partial charge in [-0.3, -0.25) is 9.59 Å². The fraction of sp³-hybridized carbons (Fsp3) is 0.800. The summed E-state index contributed by atoms with van der Waals surface area (Å²) in [5.41, 5.74) is 0. The third-order valence-electron chi connectivity index (χ3n) is 12.8. The van der Waals surface area contributed by atoms with Crippen LogP contribution in [0.25, 0.3) is 0 Å². The second-order valence-electron chi connectivity index (χ2n) is 19.3. The summed E-state index contributed by atoms with van der Waals surface area (Å²) in [6.45, 7) is 4.81. The molecule has 0 rings (SSSR count). The maximum Gasteiger partial charge on any atom is 0.305 e. The highest BCUT2D eigenvalue weighted by Gasteiger charge is 2.17. The quantitative estimate of drug-likeness (QED) is 0.0321. The van der Waals surface area contributed by atoms with Crippen LogP contribution in [0.15, 0.2) is 60.8 Å². The predicted molar refractivity (Wildman–Crippen MR) is 287 cm³/mol. The van der Waals surface area contributed by atoms with Gasteiger partial charge >= 0.3 is 5.97 Å². The molecule has 2 unspecified atom stereocenters. The number of hydrogen-bond acceptors (Lipinski definition) is 5. The number of rotatable bonds is 52. The molecule has 0 aromatic rings. The number of esters is 1. The lowest BCUT2D eigenvalue weighted by atomic mass is 10.0. The van der Waals surface area contributed by atoms with Gasteiger partial charge in [0.2, 0.25) is 5.91 Å². The summed E-state index contributed by atoms with van der Waals surface area (Å²) < 4.78 is 5.45. The Balaban J connectivity index is 3.60. The molecule has 0 saturated heterocycles. The third-order valence-corrected chi connectivity index (χ3v) is 12.8. The number of carbonyl (C=O) groups is 2. The monoisotopic (exact) mass is 924 g/mol. The molecule has 0 aromatic heterocycles. The van der Waals surface area contributed by atoms with Crippen molar-refractivity contribution in [1.82, 2.24) is 5.32 Å². The molecule has 0 radical (unpaired) electrons. The number of hydrogen-bond donors (Lipinski definition) is 3. The number of amides is 1. The largest absolute Gasteiger partial charge is 0.466 e. The van der Waals surface area contributed by atoms with Gasteiger partial charge in [0, 0.05) is 12.8 Å². The van der Waals surface area contributed by atoms with Gasteiger partial charge in [-0.05, 0) is 83.5 Å². The van der Waals surface area contributed by atoms with Gasteiger partial charge in [0.25, 0.3) is 0 Å². The average molecular weight is 925 g/mol. The van der Waals surface area contributed by atoms with E-state index in [-0.39, 0.29) is 18.5 Å². The highest BCUT2D eigenvalue weighted by Crippen LogP contribution is 2.16. The van der Waals surface area contributed by atoms with Crippen molar-refractivity contribution < 1.29 is 24.5 Å². The molecule has 0 bridgehead atoms. The van der Waals surface area contributed by atoms with Crippen LogP contribution in [0.3, 0.4) is 0 Å². The predicted octanol–water partition coefficient (Wildman–Crippen LogP) is 17.6. The smallest absolute Gasteiger partial charge is 0.305 e. The summed E-state index contributed by atoms with van der Waals surface area (Å²) >= 11 is 0. The van der Waals surface area contributed by atoms with E-state index in [9.17, 15) is 19.8 Å². The minimum Gasteiger partial charge on any atom is -0.466 e. The van der Waals surface area contributed by atoms with Crippen molar-refractivity contribution in [1.29, 1.82) is 0 Å². The number of aliphatic hydroxyl groups is 2. The molecule has 66 heavy (non-hydrogen) atoms.